The van der Waals surface area contributed by atoms with E-state index in [1.807, 2.05) is 30.3 Å². The van der Waals surface area contributed by atoms with E-state index in [9.17, 15) is 14.4 Å². The first kappa shape index (κ1) is 19.7. The Morgan fingerprint density at radius 3 is 2.21 bits per heavy atom. The summed E-state index contributed by atoms with van der Waals surface area (Å²) in [4.78, 5) is 36.1. The molecule has 0 aliphatic carbocycles. The van der Waals surface area contributed by atoms with Gasteiger partial charge in [0.2, 0.25) is 0 Å². The van der Waals surface area contributed by atoms with Crippen LogP contribution in [0.1, 0.15) is 33.3 Å². The SMILES string of the molecule is CCOC(=O)C(C)C(=O)[C@@H](NC(=O)OCc1ccccc1)C(C)C. The van der Waals surface area contributed by atoms with Crippen molar-refractivity contribution in [2.75, 3.05) is 6.61 Å². The van der Waals surface area contributed by atoms with E-state index in [0.717, 1.165) is 5.56 Å². The zero-order valence-electron chi connectivity index (χ0n) is 14.6. The summed E-state index contributed by atoms with van der Waals surface area (Å²) in [5.41, 5.74) is 0.847. The van der Waals surface area contributed by atoms with Crippen molar-refractivity contribution < 1.29 is 23.9 Å². The fourth-order valence-electron chi connectivity index (χ4n) is 2.11. The Bertz CT molecular complexity index is 556. The number of Topliss-reactive ketones (excluding diaryl/α,β-unsaturated/α-hetero) is 1. The van der Waals surface area contributed by atoms with Gasteiger partial charge in [-0.1, -0.05) is 44.2 Å². The van der Waals surface area contributed by atoms with E-state index in [1.165, 1.54) is 6.92 Å². The van der Waals surface area contributed by atoms with Crippen LogP contribution in [0.25, 0.3) is 0 Å². The highest BCUT2D eigenvalue weighted by molar-refractivity contribution is 6.02. The molecule has 1 aromatic rings. The fraction of sp³-hybridized carbons (Fsp3) is 0.500. The molecule has 1 unspecified atom stereocenters. The Morgan fingerprint density at radius 1 is 1.04 bits per heavy atom. The minimum absolute atomic E-state index is 0.110. The Kier molecular flexibility index (Phi) is 7.95. The van der Waals surface area contributed by atoms with Crippen molar-refractivity contribution in [3.05, 3.63) is 35.9 Å². The molecular formula is C18H25NO5. The molecule has 0 radical (unpaired) electrons. The van der Waals surface area contributed by atoms with Crippen LogP contribution in [0.4, 0.5) is 4.79 Å². The summed E-state index contributed by atoms with van der Waals surface area (Å²) in [6.07, 6.45) is -0.693. The minimum Gasteiger partial charge on any atom is -0.465 e. The van der Waals surface area contributed by atoms with Gasteiger partial charge in [0.25, 0.3) is 0 Å². The molecule has 0 saturated carbocycles. The smallest absolute Gasteiger partial charge is 0.408 e. The molecule has 0 bridgehead atoms. The highest BCUT2D eigenvalue weighted by Gasteiger charge is 2.33. The lowest BCUT2D eigenvalue weighted by molar-refractivity contribution is -0.151. The molecule has 0 fully saturated rings. The van der Waals surface area contributed by atoms with Gasteiger partial charge in [0.15, 0.2) is 5.78 Å². The number of ketones is 1. The van der Waals surface area contributed by atoms with Gasteiger partial charge in [-0.2, -0.15) is 0 Å². The predicted molar refractivity (Wildman–Crippen MR) is 89.2 cm³/mol. The van der Waals surface area contributed by atoms with Crippen LogP contribution in [0.5, 0.6) is 0 Å². The number of hydrogen-bond acceptors (Lipinski definition) is 5. The van der Waals surface area contributed by atoms with Gasteiger partial charge in [0.1, 0.15) is 12.5 Å². The standard InChI is InChI=1S/C18H25NO5/c1-5-23-17(21)13(4)16(20)15(12(2)3)19-18(22)24-11-14-9-7-6-8-10-14/h6-10,12-13,15H,5,11H2,1-4H3,(H,19,22)/t13?,15-/m0/s1. The van der Waals surface area contributed by atoms with Gasteiger partial charge >= 0.3 is 12.1 Å². The summed E-state index contributed by atoms with van der Waals surface area (Å²) >= 11 is 0. The lowest BCUT2D eigenvalue weighted by atomic mass is 9.92. The van der Waals surface area contributed by atoms with Gasteiger partial charge in [-0.3, -0.25) is 9.59 Å². The first-order valence-corrected chi connectivity index (χ1v) is 8.04. The Morgan fingerprint density at radius 2 is 1.67 bits per heavy atom. The van der Waals surface area contributed by atoms with E-state index >= 15 is 0 Å². The highest BCUT2D eigenvalue weighted by Crippen LogP contribution is 2.12. The second kappa shape index (κ2) is 9.70. The lowest BCUT2D eigenvalue weighted by Gasteiger charge is -2.23. The van der Waals surface area contributed by atoms with E-state index < -0.39 is 24.0 Å². The molecule has 0 saturated heterocycles. The molecule has 6 heteroatoms. The van der Waals surface area contributed by atoms with Gasteiger partial charge in [0, 0.05) is 0 Å². The van der Waals surface area contributed by atoms with Gasteiger partial charge in [-0.05, 0) is 25.3 Å². The number of ether oxygens (including phenoxy) is 2. The third-order valence-corrected chi connectivity index (χ3v) is 3.53. The van der Waals surface area contributed by atoms with Crippen molar-refractivity contribution in [2.45, 2.75) is 40.3 Å². The largest absolute Gasteiger partial charge is 0.465 e. The van der Waals surface area contributed by atoms with E-state index in [2.05, 4.69) is 5.32 Å². The maximum absolute atomic E-state index is 12.4. The van der Waals surface area contributed by atoms with Crippen molar-refractivity contribution in [3.8, 4) is 0 Å². The molecule has 1 amide bonds. The van der Waals surface area contributed by atoms with Crippen molar-refractivity contribution in [3.63, 3.8) is 0 Å². The molecule has 0 heterocycles. The van der Waals surface area contributed by atoms with E-state index in [1.54, 1.807) is 20.8 Å². The van der Waals surface area contributed by atoms with E-state index in [-0.39, 0.29) is 24.9 Å². The second-order valence-corrected chi connectivity index (χ2v) is 5.80. The Labute approximate surface area is 142 Å². The first-order chi connectivity index (χ1) is 11.4. The number of esters is 1. The Balaban J connectivity index is 2.63. The lowest BCUT2D eigenvalue weighted by Crippen LogP contribution is -2.48. The van der Waals surface area contributed by atoms with Crippen molar-refractivity contribution in [2.24, 2.45) is 11.8 Å². The van der Waals surface area contributed by atoms with Crippen LogP contribution in [0.2, 0.25) is 0 Å². The van der Waals surface area contributed by atoms with Crippen LogP contribution < -0.4 is 5.32 Å². The van der Waals surface area contributed by atoms with Crippen LogP contribution in [0.15, 0.2) is 30.3 Å². The topological polar surface area (TPSA) is 81.7 Å². The molecule has 0 spiro atoms. The average molecular weight is 335 g/mol. The van der Waals surface area contributed by atoms with Gasteiger partial charge in [-0.25, -0.2) is 4.79 Å². The number of alkyl carbamates (subject to hydrolysis) is 1. The molecule has 0 aromatic heterocycles. The Hall–Kier alpha value is -2.37. The summed E-state index contributed by atoms with van der Waals surface area (Å²) in [5.74, 6) is -2.10. The summed E-state index contributed by atoms with van der Waals surface area (Å²) in [5, 5.41) is 2.55. The molecule has 0 aliphatic heterocycles. The summed E-state index contributed by atoms with van der Waals surface area (Å²) in [7, 11) is 0. The molecule has 24 heavy (non-hydrogen) atoms. The normalized spacial score (nSPS) is 13.0. The third kappa shape index (κ3) is 6.02. The molecular weight excluding hydrogens is 310 g/mol. The van der Waals surface area contributed by atoms with Crippen molar-refractivity contribution in [1.82, 2.24) is 5.32 Å². The maximum atomic E-state index is 12.4. The molecule has 0 aliphatic rings. The van der Waals surface area contributed by atoms with Crippen molar-refractivity contribution >= 4 is 17.8 Å². The number of benzene rings is 1. The van der Waals surface area contributed by atoms with E-state index in [0.29, 0.717) is 0 Å². The zero-order valence-corrected chi connectivity index (χ0v) is 14.6. The van der Waals surface area contributed by atoms with Crippen LogP contribution in [-0.4, -0.2) is 30.5 Å². The number of rotatable bonds is 8. The molecule has 1 rings (SSSR count). The summed E-state index contributed by atoms with van der Waals surface area (Å²) < 4.78 is 9.99. The maximum Gasteiger partial charge on any atom is 0.408 e. The third-order valence-electron chi connectivity index (χ3n) is 3.53. The molecule has 1 N–H and O–H groups in total. The summed E-state index contributed by atoms with van der Waals surface area (Å²) in [6.45, 7) is 7.05. The highest BCUT2D eigenvalue weighted by atomic mass is 16.5. The van der Waals surface area contributed by atoms with E-state index in [4.69, 9.17) is 9.47 Å². The van der Waals surface area contributed by atoms with Gasteiger partial charge in [0.05, 0.1) is 12.6 Å². The fourth-order valence-corrected chi connectivity index (χ4v) is 2.11. The first-order valence-electron chi connectivity index (χ1n) is 8.04. The van der Waals surface area contributed by atoms with Crippen molar-refractivity contribution in [1.29, 1.82) is 0 Å². The molecule has 1 aromatic carbocycles. The predicted octanol–water partition coefficient (Wildman–Crippen LogP) is 2.71. The number of carbonyl (C=O) groups is 3. The summed E-state index contributed by atoms with van der Waals surface area (Å²) in [6, 6.07) is 8.42. The monoisotopic (exact) mass is 335 g/mol. The zero-order chi connectivity index (χ0) is 18.1. The van der Waals surface area contributed by atoms with Gasteiger partial charge < -0.3 is 14.8 Å². The average Bonchev–Trinajstić information content (AvgIpc) is 2.57. The number of carbonyl (C=O) groups excluding carboxylic acids is 3. The van der Waals surface area contributed by atoms with Crippen LogP contribution in [-0.2, 0) is 25.7 Å². The number of nitrogens with one attached hydrogen (secondary N) is 1. The molecule has 132 valence electrons. The second-order valence-electron chi connectivity index (χ2n) is 5.80. The minimum atomic E-state index is -0.938. The van der Waals surface area contributed by atoms with Crippen LogP contribution in [0, 0.1) is 11.8 Å². The molecule has 6 nitrogen and oxygen atoms in total. The molecule has 2 atom stereocenters. The van der Waals surface area contributed by atoms with Crippen LogP contribution >= 0.6 is 0 Å². The number of amides is 1. The van der Waals surface area contributed by atoms with Crippen LogP contribution in [0.3, 0.4) is 0 Å². The van der Waals surface area contributed by atoms with Gasteiger partial charge in [-0.15, -0.1) is 0 Å². The quantitative estimate of drug-likeness (QED) is 0.583. The number of hydrogen-bond donors (Lipinski definition) is 1.